The van der Waals surface area contributed by atoms with Crippen LogP contribution in [-0.2, 0) is 4.79 Å². The molecule has 0 spiro atoms. The van der Waals surface area contributed by atoms with Crippen LogP contribution in [0.25, 0.3) is 0 Å². The molecule has 0 radical (unpaired) electrons. The Morgan fingerprint density at radius 2 is 1.77 bits per heavy atom. The van der Waals surface area contributed by atoms with E-state index in [0.717, 1.165) is 26.2 Å². The fraction of sp³-hybridized carbons (Fsp3) is 0.588. The normalized spacial score (nSPS) is 18.0. The summed E-state index contributed by atoms with van der Waals surface area (Å²) in [5, 5.41) is 2.99. The van der Waals surface area contributed by atoms with Crippen LogP contribution in [0.1, 0.15) is 18.5 Å². The maximum atomic E-state index is 11.3. The first kappa shape index (κ1) is 16.8. The first-order valence-corrected chi connectivity index (χ1v) is 7.91. The van der Waals surface area contributed by atoms with Gasteiger partial charge in [0, 0.05) is 59.4 Å². The Hall–Kier alpha value is -1.59. The summed E-state index contributed by atoms with van der Waals surface area (Å²) in [5.41, 5.74) is 2.46. The van der Waals surface area contributed by atoms with Gasteiger partial charge in [0.15, 0.2) is 0 Å². The zero-order valence-electron chi connectivity index (χ0n) is 14.2. The minimum Gasteiger partial charge on any atom is -0.378 e. The van der Waals surface area contributed by atoms with Gasteiger partial charge >= 0.3 is 0 Å². The van der Waals surface area contributed by atoms with Crippen molar-refractivity contribution >= 4 is 11.6 Å². The van der Waals surface area contributed by atoms with E-state index in [1.807, 2.05) is 14.1 Å². The number of nitrogens with one attached hydrogen (secondary N) is 1. The second-order valence-electron chi connectivity index (χ2n) is 6.28. The minimum atomic E-state index is 0.0315. The van der Waals surface area contributed by atoms with Gasteiger partial charge in [-0.1, -0.05) is 12.1 Å². The number of benzene rings is 1. The third kappa shape index (κ3) is 4.45. The smallest absolute Gasteiger partial charge is 0.216 e. The second-order valence-corrected chi connectivity index (χ2v) is 6.28. The molecule has 1 amide bonds. The van der Waals surface area contributed by atoms with Crippen LogP contribution in [0, 0.1) is 0 Å². The van der Waals surface area contributed by atoms with E-state index in [-0.39, 0.29) is 11.9 Å². The Balaban J connectivity index is 2.13. The van der Waals surface area contributed by atoms with Gasteiger partial charge in [-0.15, -0.1) is 0 Å². The monoisotopic (exact) mass is 304 g/mol. The van der Waals surface area contributed by atoms with E-state index in [1.165, 1.54) is 11.3 Å². The van der Waals surface area contributed by atoms with Crippen molar-refractivity contribution in [3.8, 4) is 0 Å². The third-order valence-corrected chi connectivity index (χ3v) is 4.32. The molecule has 1 fully saturated rings. The minimum absolute atomic E-state index is 0.0315. The molecule has 0 aromatic heterocycles. The highest BCUT2D eigenvalue weighted by atomic mass is 16.1. The summed E-state index contributed by atoms with van der Waals surface area (Å²) in [6.07, 6.45) is 0. The number of hydrogen-bond acceptors (Lipinski definition) is 4. The van der Waals surface area contributed by atoms with E-state index in [0.29, 0.717) is 6.54 Å². The predicted octanol–water partition coefficient (Wildman–Crippen LogP) is 1.18. The van der Waals surface area contributed by atoms with Gasteiger partial charge in [0.2, 0.25) is 5.91 Å². The van der Waals surface area contributed by atoms with Gasteiger partial charge < -0.3 is 15.1 Å². The van der Waals surface area contributed by atoms with Gasteiger partial charge in [0.05, 0.1) is 6.04 Å². The lowest BCUT2D eigenvalue weighted by molar-refractivity contribution is -0.119. The Kier molecular flexibility index (Phi) is 5.80. The van der Waals surface area contributed by atoms with Crippen molar-refractivity contribution in [3.63, 3.8) is 0 Å². The zero-order valence-corrected chi connectivity index (χ0v) is 14.2. The fourth-order valence-electron chi connectivity index (χ4n) is 2.83. The van der Waals surface area contributed by atoms with E-state index in [1.54, 1.807) is 6.92 Å². The summed E-state index contributed by atoms with van der Waals surface area (Å²) in [6, 6.07) is 8.90. The number of carbonyl (C=O) groups excluding carboxylic acids is 1. The van der Waals surface area contributed by atoms with Crippen LogP contribution in [0.4, 0.5) is 5.69 Å². The molecule has 1 saturated heterocycles. The second kappa shape index (κ2) is 7.61. The van der Waals surface area contributed by atoms with E-state index in [2.05, 4.69) is 51.3 Å². The van der Waals surface area contributed by atoms with E-state index >= 15 is 0 Å². The average molecular weight is 304 g/mol. The van der Waals surface area contributed by atoms with Crippen molar-refractivity contribution in [2.45, 2.75) is 13.0 Å². The molecule has 1 aliphatic heterocycles. The summed E-state index contributed by atoms with van der Waals surface area (Å²) in [4.78, 5) is 18.2. The highest BCUT2D eigenvalue weighted by molar-refractivity contribution is 5.72. The van der Waals surface area contributed by atoms with Gasteiger partial charge in [-0.2, -0.15) is 0 Å². The largest absolute Gasteiger partial charge is 0.378 e. The number of piperazine rings is 1. The predicted molar refractivity (Wildman–Crippen MR) is 91.3 cm³/mol. The van der Waals surface area contributed by atoms with Gasteiger partial charge in [-0.25, -0.2) is 0 Å². The first-order chi connectivity index (χ1) is 10.5. The number of nitrogens with zero attached hydrogens (tertiary/aromatic N) is 3. The average Bonchev–Trinajstić information content (AvgIpc) is 2.49. The molecule has 1 N–H and O–H groups in total. The Morgan fingerprint density at radius 1 is 1.18 bits per heavy atom. The summed E-state index contributed by atoms with van der Waals surface area (Å²) < 4.78 is 0. The van der Waals surface area contributed by atoms with Crippen molar-refractivity contribution in [2.24, 2.45) is 0 Å². The van der Waals surface area contributed by atoms with E-state index in [4.69, 9.17) is 0 Å². The Morgan fingerprint density at radius 3 is 2.27 bits per heavy atom. The molecule has 1 heterocycles. The summed E-state index contributed by atoms with van der Waals surface area (Å²) in [7, 11) is 6.25. The molecule has 0 saturated carbocycles. The lowest BCUT2D eigenvalue weighted by Crippen LogP contribution is -2.48. The quantitative estimate of drug-likeness (QED) is 0.886. The summed E-state index contributed by atoms with van der Waals surface area (Å²) >= 11 is 0. The van der Waals surface area contributed by atoms with Gasteiger partial charge in [0.1, 0.15) is 0 Å². The topological polar surface area (TPSA) is 38.8 Å². The molecule has 5 nitrogen and oxygen atoms in total. The van der Waals surface area contributed by atoms with Crippen LogP contribution >= 0.6 is 0 Å². The highest BCUT2D eigenvalue weighted by Crippen LogP contribution is 2.24. The zero-order chi connectivity index (χ0) is 16.1. The van der Waals surface area contributed by atoms with Crippen LogP contribution < -0.4 is 10.2 Å². The molecule has 1 aliphatic rings. The number of hydrogen-bond donors (Lipinski definition) is 1. The molecule has 0 unspecified atom stereocenters. The molecule has 0 bridgehead atoms. The summed E-state index contributed by atoms with van der Waals surface area (Å²) in [6.45, 7) is 6.47. The number of rotatable bonds is 5. The van der Waals surface area contributed by atoms with Crippen LogP contribution in [0.2, 0.25) is 0 Å². The molecule has 22 heavy (non-hydrogen) atoms. The molecule has 1 aromatic carbocycles. The molecular weight excluding hydrogens is 276 g/mol. The van der Waals surface area contributed by atoms with Crippen molar-refractivity contribution in [2.75, 3.05) is 58.8 Å². The van der Waals surface area contributed by atoms with Crippen molar-refractivity contribution in [3.05, 3.63) is 29.8 Å². The molecule has 2 rings (SSSR count). The number of likely N-dealkylation sites (N-methyl/N-ethyl adjacent to an activating group) is 1. The molecule has 1 aromatic rings. The first-order valence-electron chi connectivity index (χ1n) is 7.91. The lowest BCUT2D eigenvalue weighted by atomic mass is 10.0. The maximum absolute atomic E-state index is 11.3. The number of anilines is 1. The molecular formula is C17H28N4O. The van der Waals surface area contributed by atoms with Crippen LogP contribution in [-0.4, -0.2) is 69.6 Å². The number of amides is 1. The third-order valence-electron chi connectivity index (χ3n) is 4.32. The molecule has 0 aliphatic carbocycles. The van der Waals surface area contributed by atoms with Crippen LogP contribution in [0.5, 0.6) is 0 Å². The van der Waals surface area contributed by atoms with Crippen molar-refractivity contribution in [1.82, 2.24) is 15.1 Å². The van der Waals surface area contributed by atoms with Crippen molar-refractivity contribution < 1.29 is 4.79 Å². The Bertz CT molecular complexity index is 478. The highest BCUT2D eigenvalue weighted by Gasteiger charge is 2.24. The van der Waals surface area contributed by atoms with Crippen LogP contribution in [0.15, 0.2) is 24.3 Å². The van der Waals surface area contributed by atoms with Gasteiger partial charge in [0.25, 0.3) is 0 Å². The van der Waals surface area contributed by atoms with E-state index in [9.17, 15) is 4.79 Å². The molecule has 122 valence electrons. The SMILES string of the molecule is CC(=O)NC[C@H](c1ccc(N(C)C)cc1)N1CCN(C)CC1. The van der Waals surface area contributed by atoms with Gasteiger partial charge in [-0.05, 0) is 24.7 Å². The summed E-state index contributed by atoms with van der Waals surface area (Å²) in [5.74, 6) is 0.0315. The van der Waals surface area contributed by atoms with Crippen LogP contribution in [0.3, 0.4) is 0 Å². The van der Waals surface area contributed by atoms with E-state index < -0.39 is 0 Å². The Labute approximate surface area is 133 Å². The fourth-order valence-corrected chi connectivity index (χ4v) is 2.83. The molecule has 1 atom stereocenters. The van der Waals surface area contributed by atoms with Gasteiger partial charge in [-0.3, -0.25) is 9.69 Å². The standard InChI is InChI=1S/C17H28N4O/c1-14(22)18-13-17(21-11-9-20(4)10-12-21)15-5-7-16(8-6-15)19(2)3/h5-8,17H,9-13H2,1-4H3,(H,18,22)/t17-/m1/s1. The maximum Gasteiger partial charge on any atom is 0.216 e. The number of carbonyl (C=O) groups is 1. The van der Waals surface area contributed by atoms with Crippen molar-refractivity contribution in [1.29, 1.82) is 0 Å². The lowest BCUT2D eigenvalue weighted by Gasteiger charge is -2.38. The molecule has 5 heteroatoms.